The average Bonchev–Trinajstić information content (AvgIpc) is 2.40. The summed E-state index contributed by atoms with van der Waals surface area (Å²) < 4.78 is 0. The van der Waals surface area contributed by atoms with E-state index in [1.165, 1.54) is 0 Å². The number of piperidine rings is 1. The molecule has 1 aromatic carbocycles. The van der Waals surface area contributed by atoms with Crippen molar-refractivity contribution in [3.8, 4) is 5.75 Å². The van der Waals surface area contributed by atoms with Gasteiger partial charge in [0.2, 0.25) is 5.91 Å². The van der Waals surface area contributed by atoms with E-state index in [0.29, 0.717) is 6.54 Å². The molecule has 0 bridgehead atoms. The molecule has 1 amide bonds. The van der Waals surface area contributed by atoms with Crippen molar-refractivity contribution >= 4 is 11.6 Å². The zero-order valence-electron chi connectivity index (χ0n) is 11.6. The number of carbonyl (C=O) groups excluding carboxylic acids is 1. The first-order valence-corrected chi connectivity index (χ1v) is 6.88. The van der Waals surface area contributed by atoms with Crippen molar-refractivity contribution in [1.29, 1.82) is 0 Å². The van der Waals surface area contributed by atoms with E-state index < -0.39 is 0 Å². The maximum absolute atomic E-state index is 12.8. The molecule has 0 radical (unpaired) electrons. The molecule has 4 heteroatoms. The van der Waals surface area contributed by atoms with E-state index in [1.54, 1.807) is 23.1 Å². The van der Waals surface area contributed by atoms with Crippen molar-refractivity contribution in [2.24, 2.45) is 5.41 Å². The molecule has 1 saturated heterocycles. The van der Waals surface area contributed by atoms with Crippen LogP contribution in [0.2, 0.25) is 0 Å². The predicted octanol–water partition coefficient (Wildman–Crippen LogP) is 2.13. The number of phenols is 1. The van der Waals surface area contributed by atoms with Gasteiger partial charge in [0.05, 0.1) is 0 Å². The SMILES string of the molecule is CCN(C(=O)C1(C)CCNCC1)c1cccc(O)c1. The van der Waals surface area contributed by atoms with E-state index >= 15 is 0 Å². The Bertz CT molecular complexity index is 453. The fourth-order valence-corrected chi connectivity index (χ4v) is 2.62. The minimum atomic E-state index is -0.299. The molecule has 4 nitrogen and oxygen atoms in total. The Kier molecular flexibility index (Phi) is 4.10. The summed E-state index contributed by atoms with van der Waals surface area (Å²) >= 11 is 0. The van der Waals surface area contributed by atoms with Gasteiger partial charge in [-0.1, -0.05) is 13.0 Å². The Hall–Kier alpha value is -1.55. The number of phenolic OH excluding ortho intramolecular Hbond substituents is 1. The van der Waals surface area contributed by atoms with E-state index in [4.69, 9.17) is 0 Å². The van der Waals surface area contributed by atoms with Crippen molar-refractivity contribution in [2.45, 2.75) is 26.7 Å². The highest BCUT2D eigenvalue weighted by molar-refractivity contribution is 5.97. The number of nitrogens with one attached hydrogen (secondary N) is 1. The number of anilines is 1. The third kappa shape index (κ3) is 2.89. The number of hydrogen-bond acceptors (Lipinski definition) is 3. The van der Waals surface area contributed by atoms with Crippen LogP contribution in [0.15, 0.2) is 24.3 Å². The Balaban J connectivity index is 2.24. The lowest BCUT2D eigenvalue weighted by molar-refractivity contribution is -0.128. The first-order valence-electron chi connectivity index (χ1n) is 6.88. The molecule has 0 aliphatic carbocycles. The van der Waals surface area contributed by atoms with Crippen LogP contribution >= 0.6 is 0 Å². The Labute approximate surface area is 114 Å². The largest absolute Gasteiger partial charge is 0.508 e. The molecule has 0 atom stereocenters. The lowest BCUT2D eigenvalue weighted by Crippen LogP contribution is -2.47. The highest BCUT2D eigenvalue weighted by Gasteiger charge is 2.37. The molecule has 0 saturated carbocycles. The molecule has 2 rings (SSSR count). The summed E-state index contributed by atoms with van der Waals surface area (Å²) in [6, 6.07) is 6.90. The van der Waals surface area contributed by atoms with Gasteiger partial charge in [0.25, 0.3) is 0 Å². The Morgan fingerprint density at radius 2 is 2.11 bits per heavy atom. The van der Waals surface area contributed by atoms with Gasteiger partial charge < -0.3 is 15.3 Å². The molecule has 104 valence electrons. The molecule has 0 unspecified atom stereocenters. The van der Waals surface area contributed by atoms with Crippen LogP contribution in [0.5, 0.6) is 5.75 Å². The summed E-state index contributed by atoms with van der Waals surface area (Å²) in [5, 5.41) is 12.9. The van der Waals surface area contributed by atoms with E-state index in [9.17, 15) is 9.90 Å². The van der Waals surface area contributed by atoms with Crippen LogP contribution in [0.4, 0.5) is 5.69 Å². The van der Waals surface area contributed by atoms with Gasteiger partial charge in [-0.25, -0.2) is 0 Å². The van der Waals surface area contributed by atoms with Gasteiger partial charge in [0.15, 0.2) is 0 Å². The third-order valence-electron chi connectivity index (χ3n) is 3.93. The van der Waals surface area contributed by atoms with Crippen LogP contribution in [0.1, 0.15) is 26.7 Å². The van der Waals surface area contributed by atoms with E-state index in [0.717, 1.165) is 31.6 Å². The van der Waals surface area contributed by atoms with Gasteiger partial charge in [-0.05, 0) is 45.0 Å². The molecule has 1 aliphatic heterocycles. The van der Waals surface area contributed by atoms with Crippen molar-refractivity contribution < 1.29 is 9.90 Å². The van der Waals surface area contributed by atoms with Gasteiger partial charge in [-0.3, -0.25) is 4.79 Å². The van der Waals surface area contributed by atoms with Crippen LogP contribution in [0.25, 0.3) is 0 Å². The predicted molar refractivity (Wildman–Crippen MR) is 76.3 cm³/mol. The van der Waals surface area contributed by atoms with Gasteiger partial charge in [-0.15, -0.1) is 0 Å². The summed E-state index contributed by atoms with van der Waals surface area (Å²) in [4.78, 5) is 14.5. The second-order valence-electron chi connectivity index (χ2n) is 5.38. The molecular formula is C15H22N2O2. The smallest absolute Gasteiger partial charge is 0.233 e. The topological polar surface area (TPSA) is 52.6 Å². The molecule has 1 heterocycles. The van der Waals surface area contributed by atoms with Crippen LogP contribution < -0.4 is 10.2 Å². The number of benzene rings is 1. The van der Waals surface area contributed by atoms with Crippen molar-refractivity contribution in [3.05, 3.63) is 24.3 Å². The molecular weight excluding hydrogens is 240 g/mol. The third-order valence-corrected chi connectivity index (χ3v) is 3.93. The van der Waals surface area contributed by atoms with Gasteiger partial charge >= 0.3 is 0 Å². The fourth-order valence-electron chi connectivity index (χ4n) is 2.62. The van der Waals surface area contributed by atoms with Crippen LogP contribution in [0, 0.1) is 5.41 Å². The summed E-state index contributed by atoms with van der Waals surface area (Å²) in [5.74, 6) is 0.348. The van der Waals surface area contributed by atoms with Gasteiger partial charge in [-0.2, -0.15) is 0 Å². The Morgan fingerprint density at radius 3 is 2.68 bits per heavy atom. The normalized spacial score (nSPS) is 18.0. The fraction of sp³-hybridized carbons (Fsp3) is 0.533. The number of rotatable bonds is 3. The van der Waals surface area contributed by atoms with Crippen LogP contribution in [-0.4, -0.2) is 30.6 Å². The van der Waals surface area contributed by atoms with E-state index in [1.807, 2.05) is 19.9 Å². The molecule has 19 heavy (non-hydrogen) atoms. The van der Waals surface area contributed by atoms with Gasteiger partial charge in [0.1, 0.15) is 5.75 Å². The first kappa shape index (κ1) is 13.9. The highest BCUT2D eigenvalue weighted by Crippen LogP contribution is 2.33. The number of amides is 1. The zero-order valence-corrected chi connectivity index (χ0v) is 11.6. The van der Waals surface area contributed by atoms with E-state index in [2.05, 4.69) is 5.32 Å². The minimum Gasteiger partial charge on any atom is -0.508 e. The number of carbonyl (C=O) groups is 1. The van der Waals surface area contributed by atoms with Crippen molar-refractivity contribution in [2.75, 3.05) is 24.5 Å². The lowest BCUT2D eigenvalue weighted by atomic mass is 9.79. The Morgan fingerprint density at radius 1 is 1.42 bits per heavy atom. The molecule has 1 fully saturated rings. The molecule has 1 aromatic rings. The maximum atomic E-state index is 12.8. The average molecular weight is 262 g/mol. The molecule has 2 N–H and O–H groups in total. The number of nitrogens with zero attached hydrogens (tertiary/aromatic N) is 1. The summed E-state index contributed by atoms with van der Waals surface area (Å²) in [5.41, 5.74) is 0.472. The number of hydrogen-bond donors (Lipinski definition) is 2. The lowest BCUT2D eigenvalue weighted by Gasteiger charge is -2.37. The highest BCUT2D eigenvalue weighted by atomic mass is 16.3. The standard InChI is InChI=1S/C15H22N2O2/c1-3-17(12-5-4-6-13(18)11-12)14(19)15(2)7-9-16-10-8-15/h4-6,11,16,18H,3,7-10H2,1-2H3. The first-order chi connectivity index (χ1) is 9.07. The van der Waals surface area contributed by atoms with Crippen molar-refractivity contribution in [3.63, 3.8) is 0 Å². The maximum Gasteiger partial charge on any atom is 0.233 e. The minimum absolute atomic E-state index is 0.155. The summed E-state index contributed by atoms with van der Waals surface area (Å²) in [6.07, 6.45) is 1.72. The van der Waals surface area contributed by atoms with Crippen LogP contribution in [-0.2, 0) is 4.79 Å². The molecule has 0 spiro atoms. The van der Waals surface area contributed by atoms with Crippen molar-refractivity contribution in [1.82, 2.24) is 5.32 Å². The second kappa shape index (κ2) is 5.61. The monoisotopic (exact) mass is 262 g/mol. The van der Waals surface area contributed by atoms with Crippen LogP contribution in [0.3, 0.4) is 0 Å². The number of aromatic hydroxyl groups is 1. The summed E-state index contributed by atoms with van der Waals surface area (Å²) in [6.45, 7) is 6.40. The zero-order chi connectivity index (χ0) is 13.9. The van der Waals surface area contributed by atoms with E-state index in [-0.39, 0.29) is 17.1 Å². The van der Waals surface area contributed by atoms with Gasteiger partial charge in [0, 0.05) is 23.7 Å². The quantitative estimate of drug-likeness (QED) is 0.877. The second-order valence-corrected chi connectivity index (χ2v) is 5.38. The summed E-state index contributed by atoms with van der Waals surface area (Å²) in [7, 11) is 0. The molecule has 1 aliphatic rings. The molecule has 0 aromatic heterocycles.